The second kappa shape index (κ2) is 3.84. The second-order valence-electron chi connectivity index (χ2n) is 4.87. The van der Waals surface area contributed by atoms with Crippen LogP contribution in [0.3, 0.4) is 0 Å². The van der Waals surface area contributed by atoms with Gasteiger partial charge in [-0.05, 0) is 37.1 Å². The predicted molar refractivity (Wildman–Crippen MR) is 63.7 cm³/mol. The van der Waals surface area contributed by atoms with Crippen molar-refractivity contribution in [2.75, 3.05) is 0 Å². The molecule has 0 amide bonds. The fourth-order valence-electron chi connectivity index (χ4n) is 1.95. The molecule has 100 valence electrons. The molecule has 1 aliphatic carbocycles. The highest BCUT2D eigenvalue weighted by atomic mass is 19.4. The van der Waals surface area contributed by atoms with Crippen molar-refractivity contribution < 1.29 is 13.2 Å². The van der Waals surface area contributed by atoms with E-state index in [1.807, 2.05) is 0 Å². The van der Waals surface area contributed by atoms with Gasteiger partial charge >= 0.3 is 6.18 Å². The first-order valence-corrected chi connectivity index (χ1v) is 5.90. The fraction of sp³-hybridized carbons (Fsp3) is 0.308. The van der Waals surface area contributed by atoms with E-state index in [9.17, 15) is 13.2 Å². The van der Waals surface area contributed by atoms with Crippen LogP contribution in [-0.4, -0.2) is 9.78 Å². The van der Waals surface area contributed by atoms with Gasteiger partial charge < -0.3 is 5.73 Å². The Morgan fingerprint density at radius 3 is 2.32 bits per heavy atom. The number of aromatic nitrogens is 2. The molecule has 2 N–H and O–H groups in total. The van der Waals surface area contributed by atoms with E-state index < -0.39 is 11.7 Å². The maximum atomic E-state index is 12.5. The van der Waals surface area contributed by atoms with Crippen LogP contribution in [0.2, 0.25) is 0 Å². The third kappa shape index (κ3) is 2.23. The largest absolute Gasteiger partial charge is 0.416 e. The first-order chi connectivity index (χ1) is 8.88. The standard InChI is InChI=1S/C13H12F3N3/c14-13(15,16)9-1-3-11(4-2-9)19-8-10(7-18-19)12(17)5-6-12/h1-4,7-8H,5-6,17H2. The van der Waals surface area contributed by atoms with E-state index in [4.69, 9.17) is 5.73 Å². The second-order valence-corrected chi connectivity index (χ2v) is 4.87. The summed E-state index contributed by atoms with van der Waals surface area (Å²) in [5.41, 5.74) is 6.60. The van der Waals surface area contributed by atoms with E-state index in [0.29, 0.717) is 5.69 Å². The number of hydrogen-bond donors (Lipinski definition) is 1. The van der Waals surface area contributed by atoms with Crippen LogP contribution in [0.5, 0.6) is 0 Å². The van der Waals surface area contributed by atoms with Crippen LogP contribution in [-0.2, 0) is 11.7 Å². The van der Waals surface area contributed by atoms with Crippen molar-refractivity contribution in [3.63, 3.8) is 0 Å². The summed E-state index contributed by atoms with van der Waals surface area (Å²) >= 11 is 0. The fourth-order valence-corrected chi connectivity index (χ4v) is 1.95. The van der Waals surface area contributed by atoms with Gasteiger partial charge in [0.1, 0.15) is 0 Å². The minimum absolute atomic E-state index is 0.288. The van der Waals surface area contributed by atoms with E-state index in [0.717, 1.165) is 30.5 Å². The number of benzene rings is 1. The molecule has 1 fully saturated rings. The summed E-state index contributed by atoms with van der Waals surface area (Å²) in [6.07, 6.45) is 0.973. The van der Waals surface area contributed by atoms with Gasteiger partial charge in [0.2, 0.25) is 0 Å². The minimum atomic E-state index is -4.32. The van der Waals surface area contributed by atoms with Crippen LogP contribution in [0.25, 0.3) is 5.69 Å². The Balaban J connectivity index is 1.88. The highest BCUT2D eigenvalue weighted by molar-refractivity contribution is 5.36. The number of nitrogens with two attached hydrogens (primary N) is 1. The molecule has 3 rings (SSSR count). The van der Waals surface area contributed by atoms with Crippen LogP contribution in [0.15, 0.2) is 36.7 Å². The first-order valence-electron chi connectivity index (χ1n) is 5.90. The van der Waals surface area contributed by atoms with Gasteiger partial charge in [0.15, 0.2) is 0 Å². The molecule has 0 aliphatic heterocycles. The number of alkyl halides is 3. The maximum Gasteiger partial charge on any atom is 0.416 e. The van der Waals surface area contributed by atoms with Gasteiger partial charge in [0, 0.05) is 17.3 Å². The first kappa shape index (κ1) is 12.2. The van der Waals surface area contributed by atoms with Gasteiger partial charge in [-0.15, -0.1) is 0 Å². The lowest BCUT2D eigenvalue weighted by Crippen LogP contribution is -2.17. The summed E-state index contributed by atoms with van der Waals surface area (Å²) in [7, 11) is 0. The lowest BCUT2D eigenvalue weighted by Gasteiger charge is -2.07. The lowest BCUT2D eigenvalue weighted by molar-refractivity contribution is -0.137. The molecule has 1 aromatic carbocycles. The summed E-state index contributed by atoms with van der Waals surface area (Å²) < 4.78 is 38.9. The molecular weight excluding hydrogens is 255 g/mol. The van der Waals surface area contributed by atoms with Crippen LogP contribution in [0.4, 0.5) is 13.2 Å². The van der Waals surface area contributed by atoms with Gasteiger partial charge in [0.25, 0.3) is 0 Å². The van der Waals surface area contributed by atoms with E-state index in [-0.39, 0.29) is 5.54 Å². The number of hydrogen-bond acceptors (Lipinski definition) is 2. The van der Waals surface area contributed by atoms with Crippen molar-refractivity contribution in [1.29, 1.82) is 0 Å². The van der Waals surface area contributed by atoms with E-state index in [1.54, 1.807) is 17.1 Å². The summed E-state index contributed by atoms with van der Waals surface area (Å²) in [6.45, 7) is 0. The monoisotopic (exact) mass is 267 g/mol. The lowest BCUT2D eigenvalue weighted by atomic mass is 10.1. The van der Waals surface area contributed by atoms with Crippen molar-refractivity contribution in [3.05, 3.63) is 47.8 Å². The smallest absolute Gasteiger partial charge is 0.321 e. The van der Waals surface area contributed by atoms with Gasteiger partial charge in [0.05, 0.1) is 17.4 Å². The SMILES string of the molecule is NC1(c2cnn(-c3ccc(C(F)(F)F)cc3)c2)CC1. The Bertz CT molecular complexity index is 594. The Labute approximate surface area is 107 Å². The van der Waals surface area contributed by atoms with Crippen molar-refractivity contribution >= 4 is 0 Å². The summed E-state index contributed by atoms with van der Waals surface area (Å²) in [5.74, 6) is 0. The van der Waals surface area contributed by atoms with Crippen molar-refractivity contribution in [2.45, 2.75) is 24.6 Å². The third-order valence-corrected chi connectivity index (χ3v) is 3.41. The molecule has 1 aliphatic rings. The Hall–Kier alpha value is -1.82. The van der Waals surface area contributed by atoms with Gasteiger partial charge in [-0.25, -0.2) is 4.68 Å². The summed E-state index contributed by atoms with van der Waals surface area (Å²) in [4.78, 5) is 0. The van der Waals surface area contributed by atoms with E-state index in [2.05, 4.69) is 5.10 Å². The number of rotatable bonds is 2. The zero-order chi connectivity index (χ0) is 13.7. The van der Waals surface area contributed by atoms with Crippen LogP contribution in [0, 0.1) is 0 Å². The predicted octanol–water partition coefficient (Wildman–Crippen LogP) is 2.84. The number of halogens is 3. The van der Waals surface area contributed by atoms with Crippen LogP contribution in [0.1, 0.15) is 24.0 Å². The Morgan fingerprint density at radius 2 is 1.79 bits per heavy atom. The van der Waals surface area contributed by atoms with Crippen molar-refractivity contribution in [3.8, 4) is 5.69 Å². The highest BCUT2D eigenvalue weighted by Gasteiger charge is 2.41. The molecule has 1 heterocycles. The molecule has 6 heteroatoms. The molecule has 0 spiro atoms. The van der Waals surface area contributed by atoms with Crippen LogP contribution >= 0.6 is 0 Å². The summed E-state index contributed by atoms with van der Waals surface area (Å²) in [5, 5.41) is 4.14. The van der Waals surface area contributed by atoms with Gasteiger partial charge in [-0.3, -0.25) is 0 Å². The van der Waals surface area contributed by atoms with Crippen molar-refractivity contribution in [1.82, 2.24) is 9.78 Å². The van der Waals surface area contributed by atoms with Crippen molar-refractivity contribution in [2.24, 2.45) is 5.73 Å². The molecule has 3 nitrogen and oxygen atoms in total. The average Bonchev–Trinajstić information content (AvgIpc) is 2.93. The normalized spacial score (nSPS) is 17.5. The van der Waals surface area contributed by atoms with Gasteiger partial charge in [-0.2, -0.15) is 18.3 Å². The topological polar surface area (TPSA) is 43.8 Å². The zero-order valence-electron chi connectivity index (χ0n) is 9.98. The zero-order valence-corrected chi connectivity index (χ0v) is 9.98. The quantitative estimate of drug-likeness (QED) is 0.909. The van der Waals surface area contributed by atoms with E-state index >= 15 is 0 Å². The molecule has 2 aromatic rings. The Morgan fingerprint density at radius 1 is 1.16 bits per heavy atom. The molecule has 0 saturated heterocycles. The molecule has 0 radical (unpaired) electrons. The number of nitrogens with zero attached hydrogens (tertiary/aromatic N) is 2. The molecule has 1 aromatic heterocycles. The minimum Gasteiger partial charge on any atom is -0.321 e. The molecule has 0 atom stereocenters. The molecule has 19 heavy (non-hydrogen) atoms. The Kier molecular flexibility index (Phi) is 2.47. The average molecular weight is 267 g/mol. The van der Waals surface area contributed by atoms with E-state index in [1.165, 1.54) is 12.1 Å². The maximum absolute atomic E-state index is 12.5. The molecular formula is C13H12F3N3. The molecule has 1 saturated carbocycles. The summed E-state index contributed by atoms with van der Waals surface area (Å²) in [6, 6.07) is 4.89. The molecule has 0 bridgehead atoms. The highest BCUT2D eigenvalue weighted by Crippen LogP contribution is 2.42. The third-order valence-electron chi connectivity index (χ3n) is 3.41. The van der Waals surface area contributed by atoms with Gasteiger partial charge in [-0.1, -0.05) is 0 Å². The van der Waals surface area contributed by atoms with Crippen LogP contribution < -0.4 is 5.73 Å². The molecule has 0 unspecified atom stereocenters.